The average molecular weight is 650 g/mol. The average Bonchev–Trinajstić information content (AvgIpc) is 3.16. The van der Waals surface area contributed by atoms with Crippen molar-refractivity contribution in [1.29, 1.82) is 0 Å². The van der Waals surface area contributed by atoms with Gasteiger partial charge in [-0.3, -0.25) is 0 Å². The third-order valence-electron chi connectivity index (χ3n) is 4.54. The van der Waals surface area contributed by atoms with Crippen LogP contribution in [0.2, 0.25) is 6.04 Å². The normalized spacial score (nSPS) is 13.4. The van der Waals surface area contributed by atoms with E-state index in [0.29, 0.717) is 0 Å². The molecule has 3 atom stereocenters. The van der Waals surface area contributed by atoms with Crippen molar-refractivity contribution in [3.05, 3.63) is 29.8 Å². The molecule has 1 aromatic carbocycles. The maximum absolute atomic E-state index is 6.18. The van der Waals surface area contributed by atoms with E-state index in [2.05, 4.69) is 59.5 Å². The van der Waals surface area contributed by atoms with E-state index in [9.17, 15) is 0 Å². The monoisotopic (exact) mass is 649 g/mol. The molecular formula is C21H51NO3S8Si. The molecule has 0 aliphatic heterocycles. The van der Waals surface area contributed by atoms with E-state index < -0.39 is 8.80 Å². The van der Waals surface area contributed by atoms with Crippen LogP contribution in [-0.2, 0) is 13.3 Å². The Kier molecular flexibility index (Phi) is 44.8. The van der Waals surface area contributed by atoms with Crippen LogP contribution in [0.4, 0.5) is 0 Å². The summed E-state index contributed by atoms with van der Waals surface area (Å²) in [7, 11) is -2.52. The molecule has 210 valence electrons. The maximum atomic E-state index is 6.18. The zero-order chi connectivity index (χ0) is 20.3. The summed E-state index contributed by atoms with van der Waals surface area (Å²) >= 11 is 1.68. The summed E-state index contributed by atoms with van der Waals surface area (Å²) < 4.78 is 19.8. The Morgan fingerprint density at radius 1 is 0.706 bits per heavy atom. The molecular weight excluding hydrogens is 599 g/mol. The van der Waals surface area contributed by atoms with Gasteiger partial charge in [0.25, 0.3) is 0 Å². The van der Waals surface area contributed by atoms with Crippen LogP contribution in [0.3, 0.4) is 0 Å². The van der Waals surface area contributed by atoms with Gasteiger partial charge in [0, 0.05) is 24.4 Å². The Bertz CT molecular complexity index is 596. The molecule has 1 aromatic heterocycles. The summed E-state index contributed by atoms with van der Waals surface area (Å²) in [4.78, 5) is 4.14. The maximum Gasteiger partial charge on any atom is 0.501 e. The highest BCUT2D eigenvalue weighted by Crippen LogP contribution is 2.24. The highest BCUT2D eigenvalue weighted by atomic mass is 32.1. The zero-order valence-corrected chi connectivity index (χ0v) is 30.3. The van der Waals surface area contributed by atoms with E-state index in [4.69, 9.17) is 13.3 Å². The summed E-state index contributed by atoms with van der Waals surface area (Å²) in [6.07, 6.45) is 3.56. The van der Waals surface area contributed by atoms with Gasteiger partial charge in [0.15, 0.2) is 0 Å². The molecule has 2 aromatic rings. The predicted octanol–water partition coefficient (Wildman–Crippen LogP) is 7.48. The summed E-state index contributed by atoms with van der Waals surface area (Å²) in [5.41, 5.74) is 2.97. The molecule has 0 bridgehead atoms. The molecule has 1 heterocycles. The molecule has 0 N–H and O–H groups in total. The van der Waals surface area contributed by atoms with E-state index >= 15 is 0 Å². The number of fused-ring (bicyclic) bond motifs is 1. The van der Waals surface area contributed by atoms with E-state index in [1.54, 1.807) is 11.3 Å². The fourth-order valence-corrected chi connectivity index (χ4v) is 5.99. The van der Waals surface area contributed by atoms with Gasteiger partial charge in [-0.1, -0.05) is 39.8 Å². The number of nitrogens with zero attached hydrogens (tertiary/aromatic N) is 1. The highest BCUT2D eigenvalue weighted by molar-refractivity contribution is 7.60. The minimum absolute atomic E-state index is 0. The summed E-state index contributed by atoms with van der Waals surface area (Å²) in [6, 6.07) is 8.97. The first-order valence-electron chi connectivity index (χ1n) is 10.2. The second-order valence-corrected chi connectivity index (χ2v) is 10.5. The van der Waals surface area contributed by atoms with E-state index in [1.807, 2.05) is 23.7 Å². The van der Waals surface area contributed by atoms with E-state index in [1.165, 1.54) is 4.70 Å². The summed E-state index contributed by atoms with van der Waals surface area (Å²) in [5, 5.41) is 0. The van der Waals surface area contributed by atoms with Crippen LogP contribution in [0.25, 0.3) is 10.2 Å². The third-order valence-corrected chi connectivity index (χ3v) is 8.50. The Morgan fingerprint density at radius 2 is 1.09 bits per heavy atom. The quantitative estimate of drug-likeness (QED) is 0.250. The molecule has 0 aliphatic rings. The van der Waals surface area contributed by atoms with Crippen LogP contribution in [0.15, 0.2) is 29.8 Å². The van der Waals surface area contributed by atoms with Crippen molar-refractivity contribution in [2.45, 2.75) is 92.1 Å². The molecule has 0 amide bonds. The molecule has 0 saturated carbocycles. The molecule has 0 fully saturated rings. The molecule has 13 heteroatoms. The van der Waals surface area contributed by atoms with Gasteiger partial charge in [-0.15, -0.1) is 11.3 Å². The first-order chi connectivity index (χ1) is 12.9. The summed E-state index contributed by atoms with van der Waals surface area (Å²) in [6.45, 7) is 14.8. The largest absolute Gasteiger partial charge is 0.501 e. The van der Waals surface area contributed by atoms with Gasteiger partial charge in [-0.2, -0.15) is 94.5 Å². The number of hydrogen-bond donors (Lipinski definition) is 0. The lowest BCUT2D eigenvalue weighted by molar-refractivity contribution is -0.00985. The van der Waals surface area contributed by atoms with Crippen molar-refractivity contribution in [2.75, 3.05) is 0 Å². The van der Waals surface area contributed by atoms with Crippen LogP contribution >= 0.6 is 106 Å². The van der Waals surface area contributed by atoms with Gasteiger partial charge in [0.2, 0.25) is 0 Å². The Balaban J connectivity index is -0.0000000790. The van der Waals surface area contributed by atoms with E-state index in [-0.39, 0.29) is 113 Å². The molecule has 34 heavy (non-hydrogen) atoms. The number of benzene rings is 1. The Labute approximate surface area is 263 Å². The van der Waals surface area contributed by atoms with Crippen molar-refractivity contribution < 1.29 is 13.3 Å². The van der Waals surface area contributed by atoms with Gasteiger partial charge < -0.3 is 13.3 Å². The smallest absolute Gasteiger partial charge is 0.371 e. The first-order valence-corrected chi connectivity index (χ1v) is 13.0. The van der Waals surface area contributed by atoms with Crippen molar-refractivity contribution in [2.24, 2.45) is 0 Å². The number of thiazole rings is 1. The van der Waals surface area contributed by atoms with Gasteiger partial charge in [-0.05, 0) is 52.2 Å². The fourth-order valence-electron chi connectivity index (χ4n) is 2.31. The standard InChI is InChI=1S/C14H32O3Si.C7H5NS.7H2S/c1-8-12(5)15-18(11-4,16-13(6)9-2)17-14(7)10-3;1-2-4-7-6(3-1)8-5-9-7;;;;;;;/h12-14H,8-11H2,1-7H3;1-5H;7*1H2. The number of hydrogen-bond acceptors (Lipinski definition) is 5. The number of aromatic nitrogens is 1. The van der Waals surface area contributed by atoms with Crippen LogP contribution in [0.1, 0.15) is 67.7 Å². The molecule has 0 spiro atoms. The molecule has 4 nitrogen and oxygen atoms in total. The molecule has 0 saturated heterocycles. The van der Waals surface area contributed by atoms with Crippen LogP contribution in [0, 0.1) is 0 Å². The number of para-hydroxylation sites is 1. The van der Waals surface area contributed by atoms with Crippen LogP contribution < -0.4 is 0 Å². The van der Waals surface area contributed by atoms with E-state index in [0.717, 1.165) is 30.8 Å². The zero-order valence-electron chi connectivity index (χ0n) is 21.5. The van der Waals surface area contributed by atoms with Gasteiger partial charge in [0.1, 0.15) is 0 Å². The second kappa shape index (κ2) is 29.2. The van der Waals surface area contributed by atoms with Crippen LogP contribution in [-0.4, -0.2) is 32.1 Å². The van der Waals surface area contributed by atoms with Crippen molar-refractivity contribution >= 4 is 125 Å². The lowest BCUT2D eigenvalue weighted by atomic mass is 10.3. The SMILES string of the molecule is CCC(C)O[Si](CC)(OC(C)CC)OC(C)CC.S.S.S.S.S.S.S.c1ccc2scnc2c1. The minimum Gasteiger partial charge on any atom is -0.371 e. The molecule has 2 rings (SSSR count). The molecule has 3 unspecified atom stereocenters. The number of rotatable bonds is 10. The third kappa shape index (κ3) is 19.7. The van der Waals surface area contributed by atoms with Gasteiger partial charge >= 0.3 is 8.80 Å². The van der Waals surface area contributed by atoms with Crippen LogP contribution in [0.5, 0.6) is 0 Å². The predicted molar refractivity (Wildman–Crippen MR) is 191 cm³/mol. The first kappa shape index (κ1) is 52.2. The second-order valence-electron chi connectivity index (χ2n) is 6.87. The Morgan fingerprint density at radius 3 is 1.41 bits per heavy atom. The van der Waals surface area contributed by atoms with Gasteiger partial charge in [-0.25, -0.2) is 4.98 Å². The van der Waals surface area contributed by atoms with Gasteiger partial charge in [0.05, 0.1) is 15.7 Å². The topological polar surface area (TPSA) is 40.6 Å². The van der Waals surface area contributed by atoms with Crippen molar-refractivity contribution in [1.82, 2.24) is 4.98 Å². The molecule has 0 aliphatic carbocycles. The lowest BCUT2D eigenvalue weighted by Crippen LogP contribution is -2.51. The Hall–Kier alpha value is 1.66. The van der Waals surface area contributed by atoms with Crippen molar-refractivity contribution in [3.63, 3.8) is 0 Å². The summed E-state index contributed by atoms with van der Waals surface area (Å²) in [5.74, 6) is 0. The fraction of sp³-hybridized carbons (Fsp3) is 0.667. The van der Waals surface area contributed by atoms with Crippen molar-refractivity contribution in [3.8, 4) is 0 Å². The minimum atomic E-state index is -2.52. The molecule has 0 radical (unpaired) electrons. The highest BCUT2D eigenvalue weighted by Gasteiger charge is 2.43. The lowest BCUT2D eigenvalue weighted by Gasteiger charge is -2.35.